The average Bonchev–Trinajstić information content (AvgIpc) is 2.69. The van der Waals surface area contributed by atoms with E-state index in [1.165, 1.54) is 5.56 Å². The number of aryl methyl sites for hydroxylation is 1. The minimum absolute atomic E-state index is 0.0927. The van der Waals surface area contributed by atoms with E-state index in [0.29, 0.717) is 13.2 Å². The molecule has 1 rings (SSSR count). The first-order valence-corrected chi connectivity index (χ1v) is 5.71. The predicted octanol–water partition coefficient (Wildman–Crippen LogP) is 1.64. The van der Waals surface area contributed by atoms with E-state index in [0.717, 1.165) is 18.7 Å². The standard InChI is InChI=1S/C12H21NO3/c1-10-4-8-16-12(10)11(2)13-5-3-7-15-9-6-14/h4,8,11,13-14H,3,5-7,9H2,1-2H3. The van der Waals surface area contributed by atoms with Gasteiger partial charge in [0.25, 0.3) is 0 Å². The molecule has 2 N–H and O–H groups in total. The quantitative estimate of drug-likeness (QED) is 0.663. The lowest BCUT2D eigenvalue weighted by Gasteiger charge is -2.12. The highest BCUT2D eigenvalue weighted by Crippen LogP contribution is 2.17. The molecule has 1 aromatic heterocycles. The summed E-state index contributed by atoms with van der Waals surface area (Å²) >= 11 is 0. The lowest BCUT2D eigenvalue weighted by atomic mass is 10.2. The summed E-state index contributed by atoms with van der Waals surface area (Å²) in [4.78, 5) is 0. The minimum Gasteiger partial charge on any atom is -0.467 e. The zero-order valence-corrected chi connectivity index (χ0v) is 10.0. The zero-order chi connectivity index (χ0) is 11.8. The van der Waals surface area contributed by atoms with Gasteiger partial charge in [-0.2, -0.15) is 0 Å². The SMILES string of the molecule is Cc1ccoc1C(C)NCCCOCCO. The maximum absolute atomic E-state index is 8.51. The van der Waals surface area contributed by atoms with E-state index in [-0.39, 0.29) is 12.6 Å². The Labute approximate surface area is 96.6 Å². The van der Waals surface area contributed by atoms with Crippen molar-refractivity contribution in [1.82, 2.24) is 5.32 Å². The number of nitrogens with one attached hydrogen (secondary N) is 1. The van der Waals surface area contributed by atoms with Crippen molar-refractivity contribution in [3.63, 3.8) is 0 Å². The molecular weight excluding hydrogens is 206 g/mol. The van der Waals surface area contributed by atoms with Crippen LogP contribution in [0.4, 0.5) is 0 Å². The van der Waals surface area contributed by atoms with Gasteiger partial charge in [-0.3, -0.25) is 0 Å². The second kappa shape index (κ2) is 7.44. The minimum atomic E-state index is 0.0927. The first-order valence-electron chi connectivity index (χ1n) is 5.71. The molecule has 0 spiro atoms. The maximum Gasteiger partial charge on any atom is 0.123 e. The number of ether oxygens (including phenoxy) is 1. The number of furan rings is 1. The molecule has 4 nitrogen and oxygen atoms in total. The molecular formula is C12H21NO3. The van der Waals surface area contributed by atoms with Gasteiger partial charge in [0.1, 0.15) is 5.76 Å². The van der Waals surface area contributed by atoms with Crippen LogP contribution in [0.1, 0.15) is 30.7 Å². The Bertz CT molecular complexity index is 286. The van der Waals surface area contributed by atoms with Gasteiger partial charge in [0.2, 0.25) is 0 Å². The number of hydrogen-bond donors (Lipinski definition) is 2. The van der Waals surface area contributed by atoms with Crippen molar-refractivity contribution < 1.29 is 14.3 Å². The van der Waals surface area contributed by atoms with Gasteiger partial charge in [-0.25, -0.2) is 0 Å². The highest BCUT2D eigenvalue weighted by molar-refractivity contribution is 5.17. The molecule has 0 aliphatic heterocycles. The predicted molar refractivity (Wildman–Crippen MR) is 62.4 cm³/mol. The fourth-order valence-electron chi connectivity index (χ4n) is 1.58. The fraction of sp³-hybridized carbons (Fsp3) is 0.667. The molecule has 0 aromatic carbocycles. The highest BCUT2D eigenvalue weighted by Gasteiger charge is 2.10. The monoisotopic (exact) mass is 227 g/mol. The van der Waals surface area contributed by atoms with Crippen molar-refractivity contribution in [2.75, 3.05) is 26.4 Å². The summed E-state index contributed by atoms with van der Waals surface area (Å²) in [6.07, 6.45) is 2.65. The van der Waals surface area contributed by atoms with Gasteiger partial charge in [0, 0.05) is 6.61 Å². The first-order chi connectivity index (χ1) is 7.75. The molecule has 1 aromatic rings. The molecule has 0 fully saturated rings. The molecule has 0 aliphatic rings. The Hall–Kier alpha value is -0.840. The van der Waals surface area contributed by atoms with Crippen molar-refractivity contribution in [1.29, 1.82) is 0 Å². The third-order valence-corrected chi connectivity index (χ3v) is 2.45. The molecule has 1 unspecified atom stereocenters. The highest BCUT2D eigenvalue weighted by atomic mass is 16.5. The summed E-state index contributed by atoms with van der Waals surface area (Å²) in [5, 5.41) is 11.9. The molecule has 4 heteroatoms. The Kier molecular flexibility index (Phi) is 6.15. The van der Waals surface area contributed by atoms with E-state index in [1.807, 2.05) is 13.0 Å². The fourth-order valence-corrected chi connectivity index (χ4v) is 1.58. The van der Waals surface area contributed by atoms with Gasteiger partial charge in [0.15, 0.2) is 0 Å². The zero-order valence-electron chi connectivity index (χ0n) is 10.0. The summed E-state index contributed by atoms with van der Waals surface area (Å²) in [6.45, 7) is 6.20. The lowest BCUT2D eigenvalue weighted by molar-refractivity contribution is 0.0903. The second-order valence-corrected chi connectivity index (χ2v) is 3.83. The van der Waals surface area contributed by atoms with Crippen LogP contribution >= 0.6 is 0 Å². The molecule has 0 saturated heterocycles. The van der Waals surface area contributed by atoms with Gasteiger partial charge in [0.05, 0.1) is 25.5 Å². The van der Waals surface area contributed by atoms with Gasteiger partial charge in [-0.15, -0.1) is 0 Å². The Balaban J connectivity index is 2.11. The van der Waals surface area contributed by atoms with Crippen molar-refractivity contribution in [2.45, 2.75) is 26.3 Å². The summed E-state index contributed by atoms with van der Waals surface area (Å²) in [5.74, 6) is 0.997. The van der Waals surface area contributed by atoms with Crippen LogP contribution in [0.2, 0.25) is 0 Å². The number of hydrogen-bond acceptors (Lipinski definition) is 4. The molecule has 1 heterocycles. The summed E-state index contributed by atoms with van der Waals surface area (Å²) in [5.41, 5.74) is 1.18. The van der Waals surface area contributed by atoms with Crippen LogP contribution in [0.5, 0.6) is 0 Å². The molecule has 0 amide bonds. The molecule has 16 heavy (non-hydrogen) atoms. The van der Waals surface area contributed by atoms with E-state index in [4.69, 9.17) is 14.3 Å². The molecule has 0 bridgehead atoms. The van der Waals surface area contributed by atoms with Crippen molar-refractivity contribution in [3.8, 4) is 0 Å². The smallest absolute Gasteiger partial charge is 0.123 e. The van der Waals surface area contributed by atoms with E-state index < -0.39 is 0 Å². The van der Waals surface area contributed by atoms with E-state index >= 15 is 0 Å². The van der Waals surface area contributed by atoms with Crippen LogP contribution in [0.3, 0.4) is 0 Å². The first kappa shape index (κ1) is 13.2. The van der Waals surface area contributed by atoms with E-state index in [1.54, 1.807) is 6.26 Å². The van der Waals surface area contributed by atoms with Gasteiger partial charge < -0.3 is 19.6 Å². The lowest BCUT2D eigenvalue weighted by Crippen LogP contribution is -2.21. The molecule has 0 radical (unpaired) electrons. The van der Waals surface area contributed by atoms with Gasteiger partial charge >= 0.3 is 0 Å². The molecule has 0 aliphatic carbocycles. The summed E-state index contributed by atoms with van der Waals surface area (Å²) < 4.78 is 10.6. The van der Waals surface area contributed by atoms with Crippen molar-refractivity contribution in [3.05, 3.63) is 23.7 Å². The van der Waals surface area contributed by atoms with Crippen LogP contribution in [0.15, 0.2) is 16.7 Å². The van der Waals surface area contributed by atoms with Crippen LogP contribution in [0, 0.1) is 6.92 Å². The third-order valence-electron chi connectivity index (χ3n) is 2.45. The van der Waals surface area contributed by atoms with Crippen LogP contribution in [-0.2, 0) is 4.74 Å². The van der Waals surface area contributed by atoms with Crippen molar-refractivity contribution in [2.24, 2.45) is 0 Å². The maximum atomic E-state index is 8.51. The van der Waals surface area contributed by atoms with E-state index in [2.05, 4.69) is 12.2 Å². The number of aliphatic hydroxyl groups excluding tert-OH is 1. The van der Waals surface area contributed by atoms with Gasteiger partial charge in [-0.05, 0) is 38.4 Å². The Morgan fingerprint density at radius 2 is 2.31 bits per heavy atom. The third kappa shape index (κ3) is 4.35. The van der Waals surface area contributed by atoms with Crippen LogP contribution in [-0.4, -0.2) is 31.5 Å². The van der Waals surface area contributed by atoms with Gasteiger partial charge in [-0.1, -0.05) is 0 Å². The second-order valence-electron chi connectivity index (χ2n) is 3.83. The average molecular weight is 227 g/mol. The number of rotatable bonds is 8. The summed E-state index contributed by atoms with van der Waals surface area (Å²) in [6, 6.07) is 2.20. The van der Waals surface area contributed by atoms with Crippen molar-refractivity contribution >= 4 is 0 Å². The Morgan fingerprint density at radius 3 is 2.94 bits per heavy atom. The van der Waals surface area contributed by atoms with Crippen LogP contribution in [0.25, 0.3) is 0 Å². The summed E-state index contributed by atoms with van der Waals surface area (Å²) in [7, 11) is 0. The Morgan fingerprint density at radius 1 is 1.50 bits per heavy atom. The topological polar surface area (TPSA) is 54.6 Å². The van der Waals surface area contributed by atoms with Crippen LogP contribution < -0.4 is 5.32 Å². The largest absolute Gasteiger partial charge is 0.467 e. The normalized spacial score (nSPS) is 12.9. The molecule has 1 atom stereocenters. The molecule has 92 valence electrons. The molecule has 0 saturated carbocycles. The van der Waals surface area contributed by atoms with E-state index in [9.17, 15) is 0 Å². The number of aliphatic hydroxyl groups is 1.